The molecule has 14 heavy (non-hydrogen) atoms. The van der Waals surface area contributed by atoms with Crippen molar-refractivity contribution in [2.75, 3.05) is 26.3 Å². The van der Waals surface area contributed by atoms with Gasteiger partial charge in [0, 0.05) is 13.0 Å². The maximum atomic E-state index is 12.4. The van der Waals surface area contributed by atoms with Crippen molar-refractivity contribution in [1.29, 1.82) is 0 Å². The van der Waals surface area contributed by atoms with E-state index in [4.69, 9.17) is 4.74 Å². The predicted octanol–water partition coefficient (Wildman–Crippen LogP) is 2.05. The quantitative estimate of drug-likeness (QED) is 0.697. The summed E-state index contributed by atoms with van der Waals surface area (Å²) in [5.74, 6) is -2.03. The molecule has 4 heteroatoms. The Kier molecular flexibility index (Phi) is 4.75. The highest BCUT2D eigenvalue weighted by molar-refractivity contribution is 4.67. The minimum atomic E-state index is -2.59. The summed E-state index contributed by atoms with van der Waals surface area (Å²) in [6.45, 7) is 3.79. The van der Waals surface area contributed by atoms with Gasteiger partial charge in [0.05, 0.1) is 6.61 Å². The van der Waals surface area contributed by atoms with Crippen molar-refractivity contribution in [2.24, 2.45) is 5.92 Å². The Hall–Kier alpha value is -0.220. The smallest absolute Gasteiger partial charge is 0.247 e. The fourth-order valence-electron chi connectivity index (χ4n) is 1.55. The third kappa shape index (κ3) is 5.50. The van der Waals surface area contributed by atoms with Crippen molar-refractivity contribution in [3.8, 4) is 0 Å². The van der Waals surface area contributed by atoms with E-state index in [-0.39, 0.29) is 13.0 Å². The van der Waals surface area contributed by atoms with E-state index in [1.165, 1.54) is 0 Å². The van der Waals surface area contributed by atoms with Gasteiger partial charge in [-0.2, -0.15) is 0 Å². The van der Waals surface area contributed by atoms with Crippen LogP contribution in [0.3, 0.4) is 0 Å². The summed E-state index contributed by atoms with van der Waals surface area (Å²) in [4.78, 5) is 0. The van der Waals surface area contributed by atoms with E-state index in [1.54, 1.807) is 0 Å². The molecule has 2 nitrogen and oxygen atoms in total. The maximum absolute atomic E-state index is 12.4. The summed E-state index contributed by atoms with van der Waals surface area (Å²) in [5, 5.41) is 3.25. The SMILES string of the molecule is CC(F)(F)CCOCC1CCNCC1. The molecule has 0 radical (unpaired) electrons. The summed E-state index contributed by atoms with van der Waals surface area (Å²) in [6.07, 6.45) is 2.03. The van der Waals surface area contributed by atoms with E-state index in [0.29, 0.717) is 12.5 Å². The summed E-state index contributed by atoms with van der Waals surface area (Å²) >= 11 is 0. The Morgan fingerprint density at radius 2 is 2.00 bits per heavy atom. The standard InChI is InChI=1S/C10H19F2NO/c1-10(11,12)4-7-14-8-9-2-5-13-6-3-9/h9,13H,2-8H2,1H3. The molecular weight excluding hydrogens is 188 g/mol. The summed E-state index contributed by atoms with van der Waals surface area (Å²) < 4.78 is 30.0. The highest BCUT2D eigenvalue weighted by Crippen LogP contribution is 2.17. The maximum Gasteiger partial charge on any atom is 0.247 e. The van der Waals surface area contributed by atoms with Gasteiger partial charge in [-0.1, -0.05) is 0 Å². The molecule has 1 N–H and O–H groups in total. The molecule has 0 bridgehead atoms. The van der Waals surface area contributed by atoms with Gasteiger partial charge in [-0.05, 0) is 38.8 Å². The fourth-order valence-corrected chi connectivity index (χ4v) is 1.55. The Morgan fingerprint density at radius 3 is 2.57 bits per heavy atom. The van der Waals surface area contributed by atoms with E-state index in [1.807, 2.05) is 0 Å². The highest BCUT2D eigenvalue weighted by Gasteiger charge is 2.20. The van der Waals surface area contributed by atoms with Crippen molar-refractivity contribution < 1.29 is 13.5 Å². The lowest BCUT2D eigenvalue weighted by Crippen LogP contribution is -2.30. The lowest BCUT2D eigenvalue weighted by molar-refractivity contribution is -0.0225. The largest absolute Gasteiger partial charge is 0.381 e. The molecule has 1 aliphatic rings. The Labute approximate surface area is 84.0 Å². The number of nitrogens with one attached hydrogen (secondary N) is 1. The van der Waals surface area contributed by atoms with Gasteiger partial charge in [-0.25, -0.2) is 8.78 Å². The van der Waals surface area contributed by atoms with Gasteiger partial charge in [0.15, 0.2) is 0 Å². The minimum absolute atomic E-state index is 0.169. The molecule has 0 aliphatic carbocycles. The molecule has 1 fully saturated rings. The van der Waals surface area contributed by atoms with Crippen LogP contribution in [0.5, 0.6) is 0 Å². The van der Waals surface area contributed by atoms with Crippen LogP contribution in [0.25, 0.3) is 0 Å². The number of halogens is 2. The topological polar surface area (TPSA) is 21.3 Å². The predicted molar refractivity (Wildman–Crippen MR) is 51.7 cm³/mol. The van der Waals surface area contributed by atoms with Crippen LogP contribution in [0.2, 0.25) is 0 Å². The van der Waals surface area contributed by atoms with Crippen LogP contribution >= 0.6 is 0 Å². The third-order valence-electron chi connectivity index (χ3n) is 2.50. The normalized spacial score (nSPS) is 19.9. The van der Waals surface area contributed by atoms with Crippen LogP contribution in [0.15, 0.2) is 0 Å². The second kappa shape index (κ2) is 5.61. The first-order chi connectivity index (χ1) is 6.58. The first kappa shape index (κ1) is 11.9. The number of hydrogen-bond acceptors (Lipinski definition) is 2. The zero-order valence-electron chi connectivity index (χ0n) is 8.69. The Bertz CT molecular complexity index is 153. The van der Waals surface area contributed by atoms with Crippen molar-refractivity contribution in [2.45, 2.75) is 32.1 Å². The Balaban J connectivity index is 1.97. The molecule has 0 aromatic heterocycles. The van der Waals surface area contributed by atoms with Crippen LogP contribution in [0, 0.1) is 5.92 Å². The molecule has 0 aromatic carbocycles. The monoisotopic (exact) mass is 207 g/mol. The van der Waals surface area contributed by atoms with Crippen LogP contribution in [0.1, 0.15) is 26.2 Å². The average Bonchev–Trinajstić information content (AvgIpc) is 2.13. The first-order valence-electron chi connectivity index (χ1n) is 5.24. The van der Waals surface area contributed by atoms with Crippen LogP contribution < -0.4 is 5.32 Å². The van der Waals surface area contributed by atoms with E-state index < -0.39 is 5.92 Å². The molecule has 0 saturated carbocycles. The summed E-state index contributed by atoms with van der Waals surface area (Å²) in [5.41, 5.74) is 0. The fraction of sp³-hybridized carbons (Fsp3) is 1.00. The highest BCUT2D eigenvalue weighted by atomic mass is 19.3. The molecule has 84 valence electrons. The van der Waals surface area contributed by atoms with E-state index >= 15 is 0 Å². The molecule has 0 spiro atoms. The van der Waals surface area contributed by atoms with Gasteiger partial charge >= 0.3 is 0 Å². The number of alkyl halides is 2. The zero-order valence-corrected chi connectivity index (χ0v) is 8.69. The summed E-state index contributed by atoms with van der Waals surface area (Å²) in [7, 11) is 0. The first-order valence-corrected chi connectivity index (χ1v) is 5.24. The van der Waals surface area contributed by atoms with E-state index in [9.17, 15) is 8.78 Å². The zero-order chi connectivity index (χ0) is 10.4. The van der Waals surface area contributed by atoms with Crippen molar-refractivity contribution in [3.05, 3.63) is 0 Å². The van der Waals surface area contributed by atoms with E-state index in [0.717, 1.165) is 32.9 Å². The molecule has 1 aliphatic heterocycles. The number of piperidine rings is 1. The second-order valence-corrected chi connectivity index (χ2v) is 4.09. The summed E-state index contributed by atoms with van der Waals surface area (Å²) in [6, 6.07) is 0. The third-order valence-corrected chi connectivity index (χ3v) is 2.50. The van der Waals surface area contributed by atoms with Crippen molar-refractivity contribution in [1.82, 2.24) is 5.32 Å². The van der Waals surface area contributed by atoms with Crippen molar-refractivity contribution in [3.63, 3.8) is 0 Å². The molecule has 0 unspecified atom stereocenters. The Morgan fingerprint density at radius 1 is 1.36 bits per heavy atom. The molecule has 1 heterocycles. The number of ether oxygens (including phenoxy) is 1. The molecule has 0 amide bonds. The lowest BCUT2D eigenvalue weighted by atomic mass is 9.99. The van der Waals surface area contributed by atoms with Crippen LogP contribution in [-0.2, 0) is 4.74 Å². The lowest BCUT2D eigenvalue weighted by Gasteiger charge is -2.22. The van der Waals surface area contributed by atoms with Crippen molar-refractivity contribution >= 4 is 0 Å². The second-order valence-electron chi connectivity index (χ2n) is 4.09. The van der Waals surface area contributed by atoms with Gasteiger partial charge in [-0.15, -0.1) is 0 Å². The molecule has 1 rings (SSSR count). The molecular formula is C10H19F2NO. The average molecular weight is 207 g/mol. The number of hydrogen-bond donors (Lipinski definition) is 1. The van der Waals surface area contributed by atoms with Gasteiger partial charge in [0.2, 0.25) is 5.92 Å². The minimum Gasteiger partial charge on any atom is -0.381 e. The van der Waals surface area contributed by atoms with Crippen LogP contribution in [-0.4, -0.2) is 32.2 Å². The molecule has 1 saturated heterocycles. The van der Waals surface area contributed by atoms with Gasteiger partial charge in [0.1, 0.15) is 0 Å². The van der Waals surface area contributed by atoms with Crippen LogP contribution in [0.4, 0.5) is 8.78 Å². The molecule has 0 aromatic rings. The molecule has 0 atom stereocenters. The van der Waals surface area contributed by atoms with E-state index in [2.05, 4.69) is 5.32 Å². The van der Waals surface area contributed by atoms with Gasteiger partial charge in [-0.3, -0.25) is 0 Å². The van der Waals surface area contributed by atoms with Gasteiger partial charge in [0.25, 0.3) is 0 Å². The number of rotatable bonds is 5. The van der Waals surface area contributed by atoms with Gasteiger partial charge < -0.3 is 10.1 Å².